The van der Waals surface area contributed by atoms with E-state index in [1.807, 2.05) is 44.2 Å². The number of esters is 1. The van der Waals surface area contributed by atoms with E-state index in [2.05, 4.69) is 5.32 Å². The first kappa shape index (κ1) is 25.1. The maximum atomic E-state index is 13.1. The maximum absolute atomic E-state index is 13.1. The number of morpholine rings is 1. The van der Waals surface area contributed by atoms with Crippen LogP contribution in [-0.4, -0.2) is 57.0 Å². The van der Waals surface area contributed by atoms with Gasteiger partial charge >= 0.3 is 5.97 Å². The fraction of sp³-hybridized carbons (Fsp3) is 0.280. The lowest BCUT2D eigenvalue weighted by atomic mass is 10.2. The summed E-state index contributed by atoms with van der Waals surface area (Å²) in [5, 5.41) is 2.76. The third-order valence-corrected chi connectivity index (χ3v) is 8.56. The van der Waals surface area contributed by atoms with E-state index >= 15 is 0 Å². The number of sulfonamides is 1. The van der Waals surface area contributed by atoms with Crippen LogP contribution in [0.1, 0.15) is 33.9 Å². The molecule has 4 rings (SSSR count). The molecule has 2 atom stereocenters. The van der Waals surface area contributed by atoms with Gasteiger partial charge in [-0.15, -0.1) is 11.3 Å². The largest absolute Gasteiger partial charge is 0.465 e. The van der Waals surface area contributed by atoms with Crippen LogP contribution >= 0.6 is 11.3 Å². The van der Waals surface area contributed by atoms with Crippen molar-refractivity contribution in [2.45, 2.75) is 31.0 Å². The normalized spacial score (nSPS) is 18.7. The molecular weight excluding hydrogens is 488 g/mol. The molecule has 0 aliphatic carbocycles. The van der Waals surface area contributed by atoms with E-state index in [-0.39, 0.29) is 40.6 Å². The molecule has 1 aliphatic heterocycles. The van der Waals surface area contributed by atoms with Crippen LogP contribution in [0.4, 0.5) is 5.69 Å². The summed E-state index contributed by atoms with van der Waals surface area (Å²) in [4.78, 5) is 26.4. The fourth-order valence-electron chi connectivity index (χ4n) is 3.92. The molecule has 3 aromatic rings. The molecule has 10 heteroatoms. The Kier molecular flexibility index (Phi) is 7.36. The van der Waals surface area contributed by atoms with E-state index in [0.717, 1.165) is 10.4 Å². The van der Waals surface area contributed by atoms with Crippen molar-refractivity contribution in [3.05, 3.63) is 71.1 Å². The van der Waals surface area contributed by atoms with Gasteiger partial charge in [0.25, 0.3) is 5.91 Å². The lowest BCUT2D eigenvalue weighted by Gasteiger charge is -2.34. The van der Waals surface area contributed by atoms with E-state index in [4.69, 9.17) is 9.47 Å². The van der Waals surface area contributed by atoms with E-state index in [1.54, 1.807) is 6.07 Å². The van der Waals surface area contributed by atoms with E-state index in [0.29, 0.717) is 5.69 Å². The number of nitrogens with one attached hydrogen (secondary N) is 1. The predicted octanol–water partition coefficient (Wildman–Crippen LogP) is 4.25. The second-order valence-electron chi connectivity index (χ2n) is 8.27. The molecule has 8 nitrogen and oxygen atoms in total. The van der Waals surface area contributed by atoms with Crippen molar-refractivity contribution in [3.63, 3.8) is 0 Å². The van der Waals surface area contributed by atoms with Gasteiger partial charge in [0.1, 0.15) is 4.88 Å². The molecule has 1 aliphatic rings. The molecule has 35 heavy (non-hydrogen) atoms. The molecule has 0 bridgehead atoms. The summed E-state index contributed by atoms with van der Waals surface area (Å²) in [6.45, 7) is 4.21. The summed E-state index contributed by atoms with van der Waals surface area (Å²) in [6, 6.07) is 17.0. The number of carbonyl (C=O) groups is 2. The zero-order chi connectivity index (χ0) is 25.2. The SMILES string of the molecule is COC(=O)c1sc(-c2ccccc2)cc1NC(=O)c1ccc(S(=O)(=O)N2C[C@H](C)O[C@@H](C)C2)cc1. The molecule has 0 radical (unpaired) electrons. The monoisotopic (exact) mass is 514 g/mol. The zero-order valence-electron chi connectivity index (χ0n) is 19.6. The Morgan fingerprint density at radius 2 is 1.66 bits per heavy atom. The molecular formula is C25H26N2O6S2. The number of hydrogen-bond acceptors (Lipinski definition) is 7. The third-order valence-electron chi connectivity index (χ3n) is 5.55. The Balaban J connectivity index is 1.55. The third kappa shape index (κ3) is 5.46. The van der Waals surface area contributed by atoms with E-state index in [1.165, 1.54) is 47.0 Å². The molecule has 1 saturated heterocycles. The molecule has 1 aromatic heterocycles. The van der Waals surface area contributed by atoms with Gasteiger partial charge in [0, 0.05) is 23.5 Å². The highest BCUT2D eigenvalue weighted by atomic mass is 32.2. The van der Waals surface area contributed by atoms with Gasteiger partial charge in [0.15, 0.2) is 0 Å². The number of hydrogen-bond donors (Lipinski definition) is 1. The number of ether oxygens (including phenoxy) is 2. The smallest absolute Gasteiger partial charge is 0.350 e. The second kappa shape index (κ2) is 10.3. The lowest BCUT2D eigenvalue weighted by Crippen LogP contribution is -2.48. The number of methoxy groups -OCH3 is 1. The minimum Gasteiger partial charge on any atom is -0.465 e. The van der Waals surface area contributed by atoms with Gasteiger partial charge in [0.2, 0.25) is 10.0 Å². The summed E-state index contributed by atoms with van der Waals surface area (Å²) in [6.07, 6.45) is -0.400. The maximum Gasteiger partial charge on any atom is 0.350 e. The first-order chi connectivity index (χ1) is 16.7. The number of benzene rings is 2. The van der Waals surface area contributed by atoms with Gasteiger partial charge in [-0.2, -0.15) is 4.31 Å². The fourth-order valence-corrected chi connectivity index (χ4v) is 6.55. The van der Waals surface area contributed by atoms with Crippen molar-refractivity contribution in [2.75, 3.05) is 25.5 Å². The van der Waals surface area contributed by atoms with Crippen LogP contribution in [0.25, 0.3) is 10.4 Å². The van der Waals surface area contributed by atoms with Gasteiger partial charge in [-0.3, -0.25) is 4.79 Å². The molecule has 1 amide bonds. The number of anilines is 1. The van der Waals surface area contributed by atoms with Crippen LogP contribution in [0.5, 0.6) is 0 Å². The van der Waals surface area contributed by atoms with Gasteiger partial charge in [-0.25, -0.2) is 13.2 Å². The Bertz CT molecular complexity index is 1310. The van der Waals surface area contributed by atoms with Crippen molar-refractivity contribution in [1.82, 2.24) is 4.31 Å². The number of amides is 1. The van der Waals surface area contributed by atoms with Crippen LogP contribution in [0.15, 0.2) is 65.6 Å². The van der Waals surface area contributed by atoms with Crippen LogP contribution in [0, 0.1) is 0 Å². The average molecular weight is 515 g/mol. The Morgan fingerprint density at radius 1 is 1.03 bits per heavy atom. The highest BCUT2D eigenvalue weighted by Crippen LogP contribution is 2.35. The van der Waals surface area contributed by atoms with Crippen molar-refractivity contribution >= 4 is 38.9 Å². The molecule has 184 valence electrons. The molecule has 2 heterocycles. The van der Waals surface area contributed by atoms with E-state index in [9.17, 15) is 18.0 Å². The van der Waals surface area contributed by atoms with Gasteiger partial charge in [-0.1, -0.05) is 30.3 Å². The quantitative estimate of drug-likeness (QED) is 0.494. The molecule has 0 spiro atoms. The number of carbonyl (C=O) groups excluding carboxylic acids is 2. The molecule has 0 saturated carbocycles. The molecule has 1 N–H and O–H groups in total. The molecule has 2 aromatic carbocycles. The van der Waals surface area contributed by atoms with Gasteiger partial charge in [-0.05, 0) is 49.7 Å². The van der Waals surface area contributed by atoms with Crippen molar-refractivity contribution in [3.8, 4) is 10.4 Å². The topological polar surface area (TPSA) is 102 Å². The Hall–Kier alpha value is -3.05. The lowest BCUT2D eigenvalue weighted by molar-refractivity contribution is -0.0440. The first-order valence-electron chi connectivity index (χ1n) is 11.0. The average Bonchev–Trinajstić information content (AvgIpc) is 3.27. The Labute approximate surface area is 208 Å². The zero-order valence-corrected chi connectivity index (χ0v) is 21.2. The number of rotatable bonds is 6. The standard InChI is InChI=1S/C25H26N2O6S2/c1-16-14-27(15-17(2)33-16)35(30,31)20-11-9-19(10-12-20)24(28)26-21-13-22(18-7-5-4-6-8-18)34-23(21)25(29)32-3/h4-13,16-17H,14-15H2,1-3H3,(H,26,28)/t16-,17-/m0/s1. The van der Waals surface area contributed by atoms with Gasteiger partial charge in [0.05, 0.1) is 29.9 Å². The predicted molar refractivity (Wildman–Crippen MR) is 134 cm³/mol. The van der Waals surface area contributed by atoms with Crippen LogP contribution < -0.4 is 5.32 Å². The number of nitrogens with zero attached hydrogens (tertiary/aromatic N) is 1. The summed E-state index contributed by atoms with van der Waals surface area (Å²) in [5.74, 6) is -1.02. The van der Waals surface area contributed by atoms with Crippen molar-refractivity contribution in [1.29, 1.82) is 0 Å². The molecule has 0 unspecified atom stereocenters. The Morgan fingerprint density at radius 3 is 2.26 bits per heavy atom. The summed E-state index contributed by atoms with van der Waals surface area (Å²) >= 11 is 1.22. The summed E-state index contributed by atoms with van der Waals surface area (Å²) in [7, 11) is -2.43. The van der Waals surface area contributed by atoms with Gasteiger partial charge < -0.3 is 14.8 Å². The summed E-state index contributed by atoms with van der Waals surface area (Å²) in [5.41, 5.74) is 1.50. The first-order valence-corrected chi connectivity index (χ1v) is 13.3. The minimum atomic E-state index is -3.72. The molecule has 1 fully saturated rings. The van der Waals surface area contributed by atoms with Crippen LogP contribution in [0.3, 0.4) is 0 Å². The van der Waals surface area contributed by atoms with Crippen molar-refractivity contribution < 1.29 is 27.5 Å². The highest BCUT2D eigenvalue weighted by molar-refractivity contribution is 7.89. The highest BCUT2D eigenvalue weighted by Gasteiger charge is 2.32. The van der Waals surface area contributed by atoms with Crippen LogP contribution in [-0.2, 0) is 19.5 Å². The van der Waals surface area contributed by atoms with E-state index < -0.39 is 21.9 Å². The number of thiophene rings is 1. The minimum absolute atomic E-state index is 0.104. The van der Waals surface area contributed by atoms with Crippen molar-refractivity contribution in [2.24, 2.45) is 0 Å². The van der Waals surface area contributed by atoms with Crippen LogP contribution in [0.2, 0.25) is 0 Å². The summed E-state index contributed by atoms with van der Waals surface area (Å²) < 4.78 is 38.0. The second-order valence-corrected chi connectivity index (χ2v) is 11.3.